The largest absolute Gasteiger partial charge is 0.299 e. The number of nitrogens with zero attached hydrogens (tertiary/aromatic N) is 2. The lowest BCUT2D eigenvalue weighted by atomic mass is 10.1. The number of carbonyl (C=O) groups excluding carboxylic acids is 1. The fourth-order valence-corrected chi connectivity index (χ4v) is 2.02. The maximum absolute atomic E-state index is 11.6. The van der Waals surface area contributed by atoms with Gasteiger partial charge in [-0.1, -0.05) is 6.92 Å². The Bertz CT molecular complexity index is 358. The molecular weight excluding hydrogens is 256 g/mol. The molecule has 0 bridgehead atoms. The Balaban J connectivity index is 2.87. The maximum atomic E-state index is 11.6. The summed E-state index contributed by atoms with van der Waals surface area (Å²) in [6, 6.07) is 0. The van der Waals surface area contributed by atoms with Gasteiger partial charge in [0.2, 0.25) is 0 Å². The summed E-state index contributed by atoms with van der Waals surface area (Å²) in [5, 5.41) is 4.36. The topological polar surface area (TPSA) is 34.9 Å². The number of hydrogen-bond acceptors (Lipinski definition) is 2. The zero-order chi connectivity index (χ0) is 11.4. The summed E-state index contributed by atoms with van der Waals surface area (Å²) >= 11 is 3.49. The van der Waals surface area contributed by atoms with Crippen molar-refractivity contribution in [3.63, 3.8) is 0 Å². The molecule has 1 aromatic rings. The lowest BCUT2D eigenvalue weighted by Gasteiger charge is -2.04. The summed E-state index contributed by atoms with van der Waals surface area (Å²) in [7, 11) is 0. The SMILES string of the molecule is CCCC(=O)Cc1c(Br)c(C)nn1CC. The van der Waals surface area contributed by atoms with Crippen LogP contribution in [0.5, 0.6) is 0 Å². The molecule has 0 radical (unpaired) electrons. The molecule has 0 aromatic carbocycles. The van der Waals surface area contributed by atoms with E-state index in [9.17, 15) is 4.79 Å². The predicted molar refractivity (Wildman–Crippen MR) is 64.0 cm³/mol. The van der Waals surface area contributed by atoms with Gasteiger partial charge in [0, 0.05) is 19.4 Å². The van der Waals surface area contributed by atoms with Crippen LogP contribution in [0.15, 0.2) is 4.47 Å². The minimum absolute atomic E-state index is 0.285. The molecule has 15 heavy (non-hydrogen) atoms. The van der Waals surface area contributed by atoms with Crippen molar-refractivity contribution in [2.45, 2.75) is 46.6 Å². The molecule has 0 aliphatic carbocycles. The van der Waals surface area contributed by atoms with E-state index in [4.69, 9.17) is 0 Å². The van der Waals surface area contributed by atoms with Crippen LogP contribution in [0.3, 0.4) is 0 Å². The molecule has 0 unspecified atom stereocenters. The van der Waals surface area contributed by atoms with E-state index in [0.717, 1.165) is 28.8 Å². The fraction of sp³-hybridized carbons (Fsp3) is 0.636. The lowest BCUT2D eigenvalue weighted by Crippen LogP contribution is -2.09. The van der Waals surface area contributed by atoms with Crippen LogP contribution in [0.2, 0.25) is 0 Å². The number of rotatable bonds is 5. The van der Waals surface area contributed by atoms with E-state index < -0.39 is 0 Å². The highest BCUT2D eigenvalue weighted by atomic mass is 79.9. The van der Waals surface area contributed by atoms with Crippen molar-refractivity contribution >= 4 is 21.7 Å². The number of aromatic nitrogens is 2. The minimum Gasteiger partial charge on any atom is -0.299 e. The zero-order valence-corrected chi connectivity index (χ0v) is 11.1. The average Bonchev–Trinajstić information content (AvgIpc) is 2.46. The van der Waals surface area contributed by atoms with E-state index in [1.807, 2.05) is 25.5 Å². The van der Waals surface area contributed by atoms with Gasteiger partial charge < -0.3 is 0 Å². The summed E-state index contributed by atoms with van der Waals surface area (Å²) in [5.74, 6) is 0.285. The first-order valence-electron chi connectivity index (χ1n) is 5.33. The van der Waals surface area contributed by atoms with E-state index in [1.54, 1.807) is 0 Å². The molecule has 0 saturated heterocycles. The van der Waals surface area contributed by atoms with Crippen molar-refractivity contribution in [3.05, 3.63) is 15.9 Å². The molecule has 1 heterocycles. The Morgan fingerprint density at radius 1 is 1.47 bits per heavy atom. The number of carbonyl (C=O) groups is 1. The molecule has 0 aliphatic rings. The van der Waals surface area contributed by atoms with Gasteiger partial charge in [-0.3, -0.25) is 9.48 Å². The number of aryl methyl sites for hydroxylation is 2. The summed E-state index contributed by atoms with van der Waals surface area (Å²) in [6.45, 7) is 6.81. The number of halogens is 1. The van der Waals surface area contributed by atoms with Gasteiger partial charge in [0.1, 0.15) is 5.78 Å². The molecule has 84 valence electrons. The summed E-state index contributed by atoms with van der Waals surface area (Å²) in [4.78, 5) is 11.6. The van der Waals surface area contributed by atoms with Crippen molar-refractivity contribution in [3.8, 4) is 0 Å². The highest BCUT2D eigenvalue weighted by molar-refractivity contribution is 9.10. The molecule has 3 nitrogen and oxygen atoms in total. The van der Waals surface area contributed by atoms with Gasteiger partial charge >= 0.3 is 0 Å². The first-order chi connectivity index (χ1) is 7.10. The van der Waals surface area contributed by atoms with Crippen LogP contribution in [0, 0.1) is 6.92 Å². The Labute approximate surface area is 99.0 Å². The van der Waals surface area contributed by atoms with E-state index in [0.29, 0.717) is 12.8 Å². The fourth-order valence-electron chi connectivity index (χ4n) is 1.59. The molecule has 0 saturated carbocycles. The normalized spacial score (nSPS) is 10.7. The van der Waals surface area contributed by atoms with Crippen molar-refractivity contribution in [1.82, 2.24) is 9.78 Å². The first kappa shape index (κ1) is 12.4. The Hall–Kier alpha value is -0.640. The molecule has 0 atom stereocenters. The third-order valence-electron chi connectivity index (χ3n) is 2.35. The van der Waals surface area contributed by atoms with E-state index in [2.05, 4.69) is 21.0 Å². The smallest absolute Gasteiger partial charge is 0.138 e. The predicted octanol–water partition coefficient (Wildman–Crippen LogP) is 2.89. The van der Waals surface area contributed by atoms with Crippen molar-refractivity contribution in [2.24, 2.45) is 0 Å². The first-order valence-corrected chi connectivity index (χ1v) is 6.12. The highest BCUT2D eigenvalue weighted by Gasteiger charge is 2.14. The third-order valence-corrected chi connectivity index (χ3v) is 3.38. The second-order valence-corrected chi connectivity index (χ2v) is 4.42. The molecule has 0 spiro atoms. The minimum atomic E-state index is 0.285. The monoisotopic (exact) mass is 272 g/mol. The van der Waals surface area contributed by atoms with Gasteiger partial charge in [-0.25, -0.2) is 0 Å². The highest BCUT2D eigenvalue weighted by Crippen LogP contribution is 2.22. The maximum Gasteiger partial charge on any atom is 0.138 e. The van der Waals surface area contributed by atoms with Gasteiger partial charge in [0.25, 0.3) is 0 Å². The van der Waals surface area contributed by atoms with E-state index in [1.165, 1.54) is 0 Å². The second-order valence-electron chi connectivity index (χ2n) is 3.63. The lowest BCUT2D eigenvalue weighted by molar-refractivity contribution is -0.118. The molecule has 4 heteroatoms. The molecule has 0 N–H and O–H groups in total. The van der Waals surface area contributed by atoms with Gasteiger partial charge in [0.05, 0.1) is 15.9 Å². The van der Waals surface area contributed by atoms with Crippen molar-refractivity contribution < 1.29 is 4.79 Å². The standard InChI is InChI=1S/C11H17BrN2O/c1-4-6-9(15)7-10-11(12)8(3)13-14(10)5-2/h4-7H2,1-3H3. The Kier molecular flexibility index (Phi) is 4.51. The van der Waals surface area contributed by atoms with Crippen LogP contribution < -0.4 is 0 Å². The van der Waals surface area contributed by atoms with Gasteiger partial charge in [-0.05, 0) is 36.2 Å². The summed E-state index contributed by atoms with van der Waals surface area (Å²) in [6.07, 6.45) is 2.05. The summed E-state index contributed by atoms with van der Waals surface area (Å²) in [5.41, 5.74) is 1.96. The van der Waals surface area contributed by atoms with Gasteiger partial charge in [0.15, 0.2) is 0 Å². The second kappa shape index (κ2) is 5.45. The van der Waals surface area contributed by atoms with E-state index >= 15 is 0 Å². The van der Waals surface area contributed by atoms with Crippen LogP contribution in [-0.4, -0.2) is 15.6 Å². The molecule has 1 rings (SSSR count). The molecule has 0 amide bonds. The van der Waals surface area contributed by atoms with Crippen LogP contribution in [0.25, 0.3) is 0 Å². The molecule has 0 fully saturated rings. The summed E-state index contributed by atoms with van der Waals surface area (Å²) < 4.78 is 2.88. The average molecular weight is 273 g/mol. The number of ketones is 1. The molecule has 1 aromatic heterocycles. The third kappa shape index (κ3) is 2.91. The quantitative estimate of drug-likeness (QED) is 0.826. The van der Waals surface area contributed by atoms with E-state index in [-0.39, 0.29) is 5.78 Å². The van der Waals surface area contributed by atoms with Gasteiger partial charge in [-0.15, -0.1) is 0 Å². The Morgan fingerprint density at radius 3 is 2.67 bits per heavy atom. The zero-order valence-electron chi connectivity index (χ0n) is 9.51. The van der Waals surface area contributed by atoms with Crippen LogP contribution >= 0.6 is 15.9 Å². The van der Waals surface area contributed by atoms with Crippen LogP contribution in [-0.2, 0) is 17.8 Å². The van der Waals surface area contributed by atoms with Crippen molar-refractivity contribution in [1.29, 1.82) is 0 Å². The Morgan fingerprint density at radius 2 is 2.13 bits per heavy atom. The van der Waals surface area contributed by atoms with Crippen molar-refractivity contribution in [2.75, 3.05) is 0 Å². The number of Topliss-reactive ketones (excluding diaryl/α,β-unsaturated/α-hetero) is 1. The number of hydrogen-bond donors (Lipinski definition) is 0. The van der Waals surface area contributed by atoms with Crippen LogP contribution in [0.1, 0.15) is 38.1 Å². The molecular formula is C11H17BrN2O. The van der Waals surface area contributed by atoms with Crippen LogP contribution in [0.4, 0.5) is 0 Å². The van der Waals surface area contributed by atoms with Gasteiger partial charge in [-0.2, -0.15) is 5.10 Å². The molecule has 0 aliphatic heterocycles.